The van der Waals surface area contributed by atoms with E-state index in [0.29, 0.717) is 12.8 Å². The number of nitrogens with zero attached hydrogens (tertiary/aromatic N) is 1. The lowest BCUT2D eigenvalue weighted by molar-refractivity contribution is -0.142. The number of hydrogen-bond donors (Lipinski definition) is 8. The Morgan fingerprint density at radius 3 is 1.79 bits per heavy atom. The predicted octanol–water partition coefficient (Wildman–Crippen LogP) is -4.09. The fourth-order valence-corrected chi connectivity index (χ4v) is 3.60. The van der Waals surface area contributed by atoms with E-state index in [1.807, 2.05) is 0 Å². The molecule has 220 valence electrons. The second kappa shape index (κ2) is 15.0. The number of aliphatic hydroxyl groups excluding tert-OH is 1. The summed E-state index contributed by atoms with van der Waals surface area (Å²) in [5, 5.41) is 30.1. The molecule has 0 radical (unpaired) electrons. The van der Waals surface area contributed by atoms with Gasteiger partial charge >= 0.3 is 5.97 Å². The van der Waals surface area contributed by atoms with Crippen LogP contribution >= 0.6 is 0 Å². The second-order valence-corrected chi connectivity index (χ2v) is 9.48. The number of carbonyl (C=O) groups excluding carboxylic acids is 6. The molecule has 0 saturated carbocycles. The summed E-state index contributed by atoms with van der Waals surface area (Å²) >= 11 is 0. The molecule has 16 heteroatoms. The Morgan fingerprint density at radius 1 is 0.769 bits per heavy atom. The number of rotatable bonds is 13. The van der Waals surface area contributed by atoms with Gasteiger partial charge in [0.15, 0.2) is 0 Å². The highest BCUT2D eigenvalue weighted by atomic mass is 16.4. The maximum atomic E-state index is 13.0. The number of carbonyl (C=O) groups is 7. The minimum absolute atomic E-state index is 0.224. The first-order chi connectivity index (χ1) is 18.1. The summed E-state index contributed by atoms with van der Waals surface area (Å²) in [4.78, 5) is 86.8. The standard InChI is InChI=1S/C23H39N7O9/c1-10(24)17(32)29-15(9-31)20(35)27-13(4)22(37)30-8-6-7-16(30)21(36)26-12(3)18(33)25-11(2)19(34)28-14(5)23(38)39/h10-16,31H,6-9,24H2,1-5H3,(H,25,33)(H,26,36)(H,27,35)(H,28,34)(H,29,32)(H,38,39)/t10-,11-,12-,13-,14-,15-,16-/m0/s1. The van der Waals surface area contributed by atoms with Crippen molar-refractivity contribution in [2.45, 2.75) is 89.8 Å². The van der Waals surface area contributed by atoms with Crippen LogP contribution in [0.4, 0.5) is 0 Å². The Labute approximate surface area is 225 Å². The fraction of sp³-hybridized carbons (Fsp3) is 0.696. The van der Waals surface area contributed by atoms with Crippen LogP contribution in [-0.4, -0.2) is 112 Å². The van der Waals surface area contributed by atoms with E-state index in [4.69, 9.17) is 10.8 Å². The highest BCUT2D eigenvalue weighted by molar-refractivity contribution is 5.96. The van der Waals surface area contributed by atoms with E-state index in [0.717, 1.165) is 0 Å². The summed E-state index contributed by atoms with van der Waals surface area (Å²) in [6.07, 6.45) is 0.802. The van der Waals surface area contributed by atoms with Crippen molar-refractivity contribution in [2.75, 3.05) is 13.2 Å². The largest absolute Gasteiger partial charge is 0.480 e. The average Bonchev–Trinajstić information content (AvgIpc) is 3.36. The van der Waals surface area contributed by atoms with E-state index in [1.165, 1.54) is 39.5 Å². The summed E-state index contributed by atoms with van der Waals surface area (Å²) in [6.45, 7) is 6.30. The lowest BCUT2D eigenvalue weighted by atomic mass is 10.1. The number of aliphatic carboxylic acids is 1. The molecule has 1 aliphatic rings. The predicted molar refractivity (Wildman–Crippen MR) is 135 cm³/mol. The number of amides is 6. The molecule has 0 bridgehead atoms. The molecule has 16 nitrogen and oxygen atoms in total. The highest BCUT2D eigenvalue weighted by Crippen LogP contribution is 2.19. The van der Waals surface area contributed by atoms with Gasteiger partial charge in [0.25, 0.3) is 0 Å². The zero-order valence-corrected chi connectivity index (χ0v) is 22.6. The molecule has 0 spiro atoms. The monoisotopic (exact) mass is 557 g/mol. The van der Waals surface area contributed by atoms with E-state index in [1.54, 1.807) is 0 Å². The van der Waals surface area contributed by atoms with Crippen LogP contribution in [0.1, 0.15) is 47.5 Å². The molecule has 1 fully saturated rings. The van der Waals surface area contributed by atoms with Crippen LogP contribution in [0.3, 0.4) is 0 Å². The van der Waals surface area contributed by atoms with Crippen LogP contribution in [-0.2, 0) is 33.6 Å². The molecular formula is C23H39N7O9. The third kappa shape index (κ3) is 9.79. The van der Waals surface area contributed by atoms with Crippen LogP contribution in [0.25, 0.3) is 0 Å². The highest BCUT2D eigenvalue weighted by Gasteiger charge is 2.38. The van der Waals surface area contributed by atoms with Gasteiger partial charge in [0.05, 0.1) is 12.6 Å². The van der Waals surface area contributed by atoms with Crippen LogP contribution in [0, 0.1) is 0 Å². The van der Waals surface area contributed by atoms with Gasteiger partial charge in [-0.05, 0) is 47.5 Å². The van der Waals surface area contributed by atoms with Crippen molar-refractivity contribution in [3.05, 3.63) is 0 Å². The quantitative estimate of drug-likeness (QED) is 0.109. The van der Waals surface area contributed by atoms with Gasteiger partial charge in [0.2, 0.25) is 35.4 Å². The zero-order chi connectivity index (χ0) is 30.0. The molecule has 39 heavy (non-hydrogen) atoms. The molecule has 9 N–H and O–H groups in total. The zero-order valence-electron chi connectivity index (χ0n) is 22.6. The first kappa shape index (κ1) is 33.2. The van der Waals surface area contributed by atoms with Crippen LogP contribution < -0.4 is 32.3 Å². The molecule has 1 saturated heterocycles. The number of hydrogen-bond acceptors (Lipinski definition) is 9. The number of nitrogens with one attached hydrogen (secondary N) is 5. The van der Waals surface area contributed by atoms with Gasteiger partial charge in [0.1, 0.15) is 36.3 Å². The Kier molecular flexibility index (Phi) is 12.8. The smallest absolute Gasteiger partial charge is 0.325 e. The van der Waals surface area contributed by atoms with Gasteiger partial charge < -0.3 is 47.4 Å². The molecule has 0 unspecified atom stereocenters. The summed E-state index contributed by atoms with van der Waals surface area (Å²) < 4.78 is 0. The Morgan fingerprint density at radius 2 is 1.28 bits per heavy atom. The molecule has 7 atom stereocenters. The van der Waals surface area contributed by atoms with Crippen molar-refractivity contribution in [3.8, 4) is 0 Å². The van der Waals surface area contributed by atoms with Crippen molar-refractivity contribution < 1.29 is 43.8 Å². The third-order valence-electron chi connectivity index (χ3n) is 6.03. The minimum atomic E-state index is -1.33. The summed E-state index contributed by atoms with van der Waals surface area (Å²) in [7, 11) is 0. The normalized spacial score (nSPS) is 19.4. The molecule has 1 aliphatic heterocycles. The minimum Gasteiger partial charge on any atom is -0.480 e. The summed E-state index contributed by atoms with van der Waals surface area (Å²) in [6, 6.07) is -7.58. The number of carboxylic acids is 1. The Balaban J connectivity index is 2.72. The lowest BCUT2D eigenvalue weighted by Crippen LogP contribution is -2.58. The van der Waals surface area contributed by atoms with Crippen LogP contribution in [0.15, 0.2) is 0 Å². The maximum Gasteiger partial charge on any atom is 0.325 e. The van der Waals surface area contributed by atoms with Gasteiger partial charge in [-0.2, -0.15) is 0 Å². The van der Waals surface area contributed by atoms with Crippen molar-refractivity contribution in [3.63, 3.8) is 0 Å². The molecule has 1 rings (SSSR count). The van der Waals surface area contributed by atoms with E-state index in [9.17, 15) is 38.7 Å². The molecule has 6 amide bonds. The first-order valence-electron chi connectivity index (χ1n) is 12.5. The van der Waals surface area contributed by atoms with Crippen LogP contribution in [0.5, 0.6) is 0 Å². The van der Waals surface area contributed by atoms with Crippen molar-refractivity contribution in [1.82, 2.24) is 31.5 Å². The summed E-state index contributed by atoms with van der Waals surface area (Å²) in [5.74, 6) is -5.33. The molecule has 0 aliphatic carbocycles. The number of carboxylic acid groups (broad SMARTS) is 1. The van der Waals surface area contributed by atoms with Crippen molar-refractivity contribution >= 4 is 41.4 Å². The van der Waals surface area contributed by atoms with E-state index in [2.05, 4.69) is 26.6 Å². The fourth-order valence-electron chi connectivity index (χ4n) is 3.60. The van der Waals surface area contributed by atoms with Gasteiger partial charge in [-0.25, -0.2) is 0 Å². The first-order valence-corrected chi connectivity index (χ1v) is 12.5. The molecule has 0 aromatic rings. The SMILES string of the molecule is C[C@H](N)C(=O)N[C@@H](CO)C(=O)N[C@@H](C)C(=O)N1CCC[C@H]1C(=O)N[C@@H](C)C(=O)N[C@@H](C)C(=O)N[C@@H](C)C(=O)O. The summed E-state index contributed by atoms with van der Waals surface area (Å²) in [5.41, 5.74) is 5.45. The van der Waals surface area contributed by atoms with Gasteiger partial charge in [-0.15, -0.1) is 0 Å². The number of aliphatic hydroxyl groups is 1. The molecule has 0 aromatic heterocycles. The van der Waals surface area contributed by atoms with Crippen molar-refractivity contribution in [1.29, 1.82) is 0 Å². The Hall–Kier alpha value is -3.79. The third-order valence-corrected chi connectivity index (χ3v) is 6.03. The number of likely N-dealkylation sites (tertiary alicyclic amines) is 1. The second-order valence-electron chi connectivity index (χ2n) is 9.48. The van der Waals surface area contributed by atoms with Gasteiger partial charge in [-0.1, -0.05) is 0 Å². The van der Waals surface area contributed by atoms with Gasteiger partial charge in [-0.3, -0.25) is 33.6 Å². The van der Waals surface area contributed by atoms with E-state index >= 15 is 0 Å². The molecule has 1 heterocycles. The Bertz CT molecular complexity index is 958. The molecule has 0 aromatic carbocycles. The van der Waals surface area contributed by atoms with Crippen molar-refractivity contribution in [2.24, 2.45) is 5.73 Å². The van der Waals surface area contributed by atoms with E-state index in [-0.39, 0.29) is 6.54 Å². The maximum absolute atomic E-state index is 13.0. The average molecular weight is 558 g/mol. The molecular weight excluding hydrogens is 518 g/mol. The van der Waals surface area contributed by atoms with Crippen LogP contribution in [0.2, 0.25) is 0 Å². The topological polar surface area (TPSA) is 249 Å². The number of nitrogens with two attached hydrogens (primary N) is 1. The lowest BCUT2D eigenvalue weighted by Gasteiger charge is -2.29. The van der Waals surface area contributed by atoms with E-state index < -0.39 is 90.3 Å². The van der Waals surface area contributed by atoms with Gasteiger partial charge in [0, 0.05) is 6.54 Å².